The van der Waals surface area contributed by atoms with E-state index in [0.29, 0.717) is 0 Å². The Kier molecular flexibility index (Phi) is 6.10. The number of aliphatic hydroxyl groups is 1. The molecule has 9 nitrogen and oxygen atoms in total. The number of carboxylic acid groups (broad SMARTS) is 1. The van der Waals surface area contributed by atoms with Gasteiger partial charge in [-0.3, -0.25) is 14.5 Å². The molecule has 0 aromatic heterocycles. The fourth-order valence-electron chi connectivity index (χ4n) is 1.94. The molecule has 4 amide bonds. The van der Waals surface area contributed by atoms with Gasteiger partial charge in [0.05, 0.1) is 0 Å². The van der Waals surface area contributed by atoms with E-state index in [9.17, 15) is 19.2 Å². The summed E-state index contributed by atoms with van der Waals surface area (Å²) in [6, 6.07) is -1.53. The summed E-state index contributed by atoms with van der Waals surface area (Å²) in [4.78, 5) is 47.8. The summed E-state index contributed by atoms with van der Waals surface area (Å²) in [6.07, 6.45) is 0.174. The average Bonchev–Trinajstić information content (AvgIpc) is 2.64. The number of nitrogens with zero attached hydrogens (tertiary/aromatic N) is 2. The first-order valence-electron chi connectivity index (χ1n) is 6.55. The highest BCUT2D eigenvalue weighted by molar-refractivity contribution is 6.01. The van der Waals surface area contributed by atoms with Crippen LogP contribution in [0.15, 0.2) is 0 Å². The van der Waals surface area contributed by atoms with E-state index in [0.717, 1.165) is 4.90 Å². The van der Waals surface area contributed by atoms with Gasteiger partial charge in [0, 0.05) is 33.0 Å². The second-order valence-corrected chi connectivity index (χ2v) is 4.76. The highest BCUT2D eigenvalue weighted by atomic mass is 16.4. The molecule has 1 heterocycles. The molecule has 0 aromatic carbocycles. The van der Waals surface area contributed by atoms with E-state index in [2.05, 4.69) is 5.32 Å². The molecule has 9 heteroatoms. The molecule has 118 valence electrons. The topological polar surface area (TPSA) is 127 Å². The molecule has 1 rings (SSSR count). The molecule has 0 aliphatic carbocycles. The third-order valence-corrected chi connectivity index (χ3v) is 3.07. The average molecular weight is 301 g/mol. The number of imide groups is 1. The zero-order valence-electron chi connectivity index (χ0n) is 11.7. The Balaban J connectivity index is 2.35. The van der Waals surface area contributed by atoms with Crippen molar-refractivity contribution in [1.29, 1.82) is 0 Å². The molecule has 1 aliphatic rings. The van der Waals surface area contributed by atoms with E-state index < -0.39 is 23.9 Å². The summed E-state index contributed by atoms with van der Waals surface area (Å²) in [5.41, 5.74) is 0. The number of aliphatic hydroxyl groups excluding tert-OH is 1. The molecular formula is C12H19N3O6. The summed E-state index contributed by atoms with van der Waals surface area (Å²) < 4.78 is 0. The van der Waals surface area contributed by atoms with Crippen molar-refractivity contribution in [1.82, 2.24) is 15.1 Å². The lowest BCUT2D eigenvalue weighted by atomic mass is 10.2. The lowest BCUT2D eigenvalue weighted by Crippen LogP contribution is -2.41. The number of carboxylic acids is 1. The van der Waals surface area contributed by atoms with Gasteiger partial charge in [-0.05, 0) is 6.42 Å². The van der Waals surface area contributed by atoms with Gasteiger partial charge in [0.2, 0.25) is 11.8 Å². The molecule has 0 aromatic rings. The Bertz CT molecular complexity index is 439. The van der Waals surface area contributed by atoms with Gasteiger partial charge in [0.1, 0.15) is 12.6 Å². The molecule has 0 spiro atoms. The predicted octanol–water partition coefficient (Wildman–Crippen LogP) is -1.39. The third kappa shape index (κ3) is 4.71. The van der Waals surface area contributed by atoms with Crippen LogP contribution in [0.1, 0.15) is 19.3 Å². The van der Waals surface area contributed by atoms with Crippen LogP contribution in [0.2, 0.25) is 0 Å². The molecule has 3 N–H and O–H groups in total. The zero-order valence-corrected chi connectivity index (χ0v) is 11.7. The van der Waals surface area contributed by atoms with Crippen molar-refractivity contribution in [3.05, 3.63) is 0 Å². The van der Waals surface area contributed by atoms with Crippen molar-refractivity contribution in [2.45, 2.75) is 25.3 Å². The van der Waals surface area contributed by atoms with Crippen molar-refractivity contribution < 1.29 is 29.4 Å². The van der Waals surface area contributed by atoms with Crippen molar-refractivity contribution in [3.8, 4) is 0 Å². The standard InChI is InChI=1S/C12H19N3O6/c1-14-7-10(18)15(12(14)21)5-2-3-9(17)13-8(4-6-16)11(19)20/h8,16H,2-7H2,1H3,(H,13,17)(H,19,20). The Labute approximate surface area is 121 Å². The first kappa shape index (κ1) is 16.9. The highest BCUT2D eigenvalue weighted by Crippen LogP contribution is 2.09. The van der Waals surface area contributed by atoms with Crippen LogP contribution in [-0.2, 0) is 14.4 Å². The summed E-state index contributed by atoms with van der Waals surface area (Å²) >= 11 is 0. The van der Waals surface area contributed by atoms with Crippen molar-refractivity contribution >= 4 is 23.8 Å². The molecule has 1 saturated heterocycles. The van der Waals surface area contributed by atoms with Crippen LogP contribution < -0.4 is 5.32 Å². The van der Waals surface area contributed by atoms with Gasteiger partial charge in [0.25, 0.3) is 0 Å². The van der Waals surface area contributed by atoms with E-state index in [1.54, 1.807) is 0 Å². The number of likely N-dealkylation sites (N-methyl/N-ethyl adjacent to an activating group) is 1. The first-order chi connectivity index (χ1) is 9.86. The van der Waals surface area contributed by atoms with E-state index in [4.69, 9.17) is 10.2 Å². The van der Waals surface area contributed by atoms with E-state index >= 15 is 0 Å². The van der Waals surface area contributed by atoms with E-state index in [1.165, 1.54) is 11.9 Å². The molecule has 1 fully saturated rings. The van der Waals surface area contributed by atoms with E-state index in [1.807, 2.05) is 0 Å². The maximum Gasteiger partial charge on any atom is 0.326 e. The van der Waals surface area contributed by atoms with Crippen molar-refractivity contribution in [2.24, 2.45) is 0 Å². The Hall–Kier alpha value is -2.16. The number of nitrogens with one attached hydrogen (secondary N) is 1. The number of hydrogen-bond acceptors (Lipinski definition) is 5. The van der Waals surface area contributed by atoms with Crippen molar-refractivity contribution in [2.75, 3.05) is 26.7 Å². The van der Waals surface area contributed by atoms with Crippen LogP contribution in [-0.4, -0.2) is 76.6 Å². The smallest absolute Gasteiger partial charge is 0.326 e. The fourth-order valence-corrected chi connectivity index (χ4v) is 1.94. The fraction of sp³-hybridized carbons (Fsp3) is 0.667. The maximum absolute atomic E-state index is 11.6. The zero-order chi connectivity index (χ0) is 16.0. The molecule has 1 aliphatic heterocycles. The molecule has 0 bridgehead atoms. The third-order valence-electron chi connectivity index (χ3n) is 3.07. The summed E-state index contributed by atoms with van der Waals surface area (Å²) in [5.74, 6) is -2.03. The summed E-state index contributed by atoms with van der Waals surface area (Å²) in [5, 5.41) is 19.8. The lowest BCUT2D eigenvalue weighted by Gasteiger charge is -2.15. The largest absolute Gasteiger partial charge is 0.480 e. The molecular weight excluding hydrogens is 282 g/mol. The van der Waals surface area contributed by atoms with Gasteiger partial charge >= 0.3 is 12.0 Å². The van der Waals surface area contributed by atoms with Crippen LogP contribution in [0, 0.1) is 0 Å². The molecule has 1 unspecified atom stereocenters. The lowest BCUT2D eigenvalue weighted by molar-refractivity contribution is -0.142. The van der Waals surface area contributed by atoms with Crippen LogP contribution in [0.25, 0.3) is 0 Å². The molecule has 0 radical (unpaired) electrons. The number of hydrogen-bond donors (Lipinski definition) is 3. The quantitative estimate of drug-likeness (QED) is 0.474. The van der Waals surface area contributed by atoms with Gasteiger partial charge in [-0.25, -0.2) is 9.59 Å². The van der Waals surface area contributed by atoms with Crippen LogP contribution in [0.4, 0.5) is 4.79 Å². The second kappa shape index (κ2) is 7.58. The monoisotopic (exact) mass is 301 g/mol. The van der Waals surface area contributed by atoms with Gasteiger partial charge in [0.15, 0.2) is 0 Å². The van der Waals surface area contributed by atoms with Crippen LogP contribution >= 0.6 is 0 Å². The number of carbonyl (C=O) groups excluding carboxylic acids is 3. The normalized spacial score (nSPS) is 16.3. The number of carbonyl (C=O) groups is 4. The summed E-state index contributed by atoms with van der Waals surface area (Å²) in [6.45, 7) is -0.198. The van der Waals surface area contributed by atoms with Crippen LogP contribution in [0.3, 0.4) is 0 Å². The molecule has 0 saturated carbocycles. The Morgan fingerprint density at radius 3 is 2.52 bits per heavy atom. The molecule has 21 heavy (non-hydrogen) atoms. The van der Waals surface area contributed by atoms with Gasteiger partial charge in [-0.15, -0.1) is 0 Å². The van der Waals surface area contributed by atoms with Crippen LogP contribution in [0.5, 0.6) is 0 Å². The van der Waals surface area contributed by atoms with Crippen molar-refractivity contribution in [3.63, 3.8) is 0 Å². The minimum absolute atomic E-state index is 0.00399. The van der Waals surface area contributed by atoms with E-state index in [-0.39, 0.29) is 44.9 Å². The minimum Gasteiger partial charge on any atom is -0.480 e. The minimum atomic E-state index is -1.22. The summed E-state index contributed by atoms with van der Waals surface area (Å²) in [7, 11) is 1.51. The maximum atomic E-state index is 11.6. The van der Waals surface area contributed by atoms with Gasteiger partial charge < -0.3 is 20.4 Å². The Morgan fingerprint density at radius 1 is 1.38 bits per heavy atom. The number of aliphatic carboxylic acids is 1. The Morgan fingerprint density at radius 2 is 2.05 bits per heavy atom. The van der Waals surface area contributed by atoms with Gasteiger partial charge in [-0.2, -0.15) is 0 Å². The number of amides is 4. The number of urea groups is 1. The predicted molar refractivity (Wildman–Crippen MR) is 70.2 cm³/mol. The van der Waals surface area contributed by atoms with Gasteiger partial charge in [-0.1, -0.05) is 0 Å². The highest BCUT2D eigenvalue weighted by Gasteiger charge is 2.32. The first-order valence-corrected chi connectivity index (χ1v) is 6.55. The number of rotatable bonds is 8. The SMILES string of the molecule is CN1CC(=O)N(CCCC(=O)NC(CCO)C(=O)O)C1=O. The second-order valence-electron chi connectivity index (χ2n) is 4.76. The molecule has 1 atom stereocenters.